The Balaban J connectivity index is 3.37. The number of aliphatic carboxylic acids is 1. The molecule has 0 saturated heterocycles. The quantitative estimate of drug-likeness (QED) is 0.201. The van der Waals surface area contributed by atoms with Crippen LogP contribution in [0.4, 0.5) is 0 Å². The molecule has 0 aliphatic rings. The van der Waals surface area contributed by atoms with Crippen molar-refractivity contribution in [3.8, 4) is 0 Å². The second kappa shape index (κ2) is 15.3. The highest BCUT2D eigenvalue weighted by molar-refractivity contribution is 7.85. The summed E-state index contributed by atoms with van der Waals surface area (Å²) in [6, 6.07) is 0. The van der Waals surface area contributed by atoms with Crippen LogP contribution in [-0.2, 0) is 14.9 Å². The molecule has 0 radical (unpaired) electrons. The van der Waals surface area contributed by atoms with Gasteiger partial charge >= 0.3 is 5.97 Å². The van der Waals surface area contributed by atoms with E-state index in [1.54, 1.807) is 0 Å². The van der Waals surface area contributed by atoms with Gasteiger partial charge in [-0.25, -0.2) is 0 Å². The SMILES string of the molecule is O=C(O)CCCCCCCC=CCC(O)CCCCCCS(=O)(=O)O. The number of aliphatic hydroxyl groups excluding tert-OH is 1. The van der Waals surface area contributed by atoms with Gasteiger partial charge in [0.15, 0.2) is 0 Å². The Bertz CT molecular complexity index is 458. The summed E-state index contributed by atoms with van der Waals surface area (Å²) in [4.78, 5) is 10.3. The first kappa shape index (κ1) is 24.1. The van der Waals surface area contributed by atoms with E-state index in [1.165, 1.54) is 0 Å². The monoisotopic (exact) mass is 378 g/mol. The number of allylic oxidation sites excluding steroid dienone is 1. The second-order valence-corrected chi connectivity index (χ2v) is 8.12. The van der Waals surface area contributed by atoms with E-state index >= 15 is 0 Å². The summed E-state index contributed by atoms with van der Waals surface area (Å²) in [6.45, 7) is 0. The van der Waals surface area contributed by atoms with E-state index in [4.69, 9.17) is 9.66 Å². The van der Waals surface area contributed by atoms with Gasteiger partial charge in [0.05, 0.1) is 11.9 Å². The molecular formula is C18H34O6S. The molecule has 0 bridgehead atoms. The van der Waals surface area contributed by atoms with Crippen molar-refractivity contribution in [1.82, 2.24) is 0 Å². The summed E-state index contributed by atoms with van der Waals surface area (Å²) >= 11 is 0. The van der Waals surface area contributed by atoms with Crippen LogP contribution >= 0.6 is 0 Å². The van der Waals surface area contributed by atoms with Gasteiger partial charge in [0.2, 0.25) is 0 Å². The van der Waals surface area contributed by atoms with Crippen LogP contribution in [-0.4, -0.2) is 41.0 Å². The summed E-state index contributed by atoms with van der Waals surface area (Å²) in [5.41, 5.74) is 0. The standard InChI is InChI=1S/C18H34O6S/c19-17(14-10-7-8-12-16-25(22,23)24)13-9-5-3-1-2-4-6-11-15-18(20)21/h5,9,17,19H,1-4,6-8,10-16H2,(H,20,21)(H,22,23,24). The molecule has 0 amide bonds. The minimum atomic E-state index is -3.84. The third-order valence-corrected chi connectivity index (χ3v) is 4.83. The smallest absolute Gasteiger partial charge is 0.303 e. The predicted octanol–water partition coefficient (Wildman–Crippen LogP) is 3.95. The Morgan fingerprint density at radius 2 is 1.48 bits per heavy atom. The van der Waals surface area contributed by atoms with Crippen molar-refractivity contribution in [3.63, 3.8) is 0 Å². The zero-order chi connectivity index (χ0) is 19.0. The molecule has 0 aliphatic carbocycles. The van der Waals surface area contributed by atoms with Crippen LogP contribution < -0.4 is 0 Å². The molecule has 3 N–H and O–H groups in total. The zero-order valence-corrected chi connectivity index (χ0v) is 15.9. The lowest BCUT2D eigenvalue weighted by atomic mass is 10.1. The highest BCUT2D eigenvalue weighted by Gasteiger charge is 2.04. The highest BCUT2D eigenvalue weighted by atomic mass is 32.2. The van der Waals surface area contributed by atoms with Gasteiger partial charge in [-0.1, -0.05) is 50.7 Å². The minimum absolute atomic E-state index is 0.183. The summed E-state index contributed by atoms with van der Waals surface area (Å²) < 4.78 is 29.7. The molecule has 6 nitrogen and oxygen atoms in total. The molecule has 1 atom stereocenters. The Hall–Kier alpha value is -0.920. The molecule has 1 unspecified atom stereocenters. The van der Waals surface area contributed by atoms with Crippen LogP contribution in [0.15, 0.2) is 12.2 Å². The normalized spacial score (nSPS) is 13.4. The van der Waals surface area contributed by atoms with Crippen molar-refractivity contribution in [2.75, 3.05) is 5.75 Å². The van der Waals surface area contributed by atoms with E-state index < -0.39 is 16.1 Å². The number of unbranched alkanes of at least 4 members (excludes halogenated alkanes) is 8. The molecule has 0 aromatic heterocycles. The van der Waals surface area contributed by atoms with Crippen LogP contribution in [0.3, 0.4) is 0 Å². The molecule has 0 spiro atoms. The third kappa shape index (κ3) is 21.0. The lowest BCUT2D eigenvalue weighted by Crippen LogP contribution is -2.05. The maximum atomic E-state index is 10.5. The van der Waals surface area contributed by atoms with Crippen LogP contribution in [0.2, 0.25) is 0 Å². The summed E-state index contributed by atoms with van der Waals surface area (Å²) in [5, 5.41) is 18.4. The molecule has 7 heteroatoms. The molecule has 0 rings (SSSR count). The molecular weight excluding hydrogens is 344 g/mol. The number of aliphatic hydroxyl groups is 1. The van der Waals surface area contributed by atoms with Gasteiger partial charge in [0.25, 0.3) is 10.1 Å². The molecule has 0 heterocycles. The van der Waals surface area contributed by atoms with Crippen LogP contribution in [0.25, 0.3) is 0 Å². The van der Waals surface area contributed by atoms with Gasteiger partial charge in [-0.2, -0.15) is 8.42 Å². The molecule has 0 saturated carbocycles. The summed E-state index contributed by atoms with van der Waals surface area (Å²) in [5.74, 6) is -0.905. The maximum absolute atomic E-state index is 10.5. The van der Waals surface area contributed by atoms with Crippen molar-refractivity contribution in [3.05, 3.63) is 12.2 Å². The number of hydrogen-bond donors (Lipinski definition) is 3. The third-order valence-electron chi connectivity index (χ3n) is 4.03. The molecule has 0 aromatic rings. The van der Waals surface area contributed by atoms with E-state index in [1.807, 2.05) is 6.08 Å². The molecule has 148 valence electrons. The lowest BCUT2D eigenvalue weighted by Gasteiger charge is -2.07. The first-order valence-corrected chi connectivity index (χ1v) is 10.9. The van der Waals surface area contributed by atoms with Gasteiger partial charge in [0.1, 0.15) is 0 Å². The lowest BCUT2D eigenvalue weighted by molar-refractivity contribution is -0.137. The minimum Gasteiger partial charge on any atom is -0.481 e. The Morgan fingerprint density at radius 3 is 2.16 bits per heavy atom. The maximum Gasteiger partial charge on any atom is 0.303 e. The van der Waals surface area contributed by atoms with Crippen LogP contribution in [0.5, 0.6) is 0 Å². The number of carboxylic acids is 1. The average molecular weight is 379 g/mol. The predicted molar refractivity (Wildman–Crippen MR) is 99.2 cm³/mol. The van der Waals surface area contributed by atoms with Gasteiger partial charge in [-0.05, 0) is 38.5 Å². The highest BCUT2D eigenvalue weighted by Crippen LogP contribution is 2.11. The largest absolute Gasteiger partial charge is 0.481 e. The first-order chi connectivity index (χ1) is 11.8. The topological polar surface area (TPSA) is 112 Å². The molecule has 0 aliphatic heterocycles. The van der Waals surface area contributed by atoms with Crippen molar-refractivity contribution >= 4 is 16.1 Å². The van der Waals surface area contributed by atoms with E-state index in [2.05, 4.69) is 6.08 Å². The average Bonchev–Trinajstić information content (AvgIpc) is 2.51. The second-order valence-electron chi connectivity index (χ2n) is 6.55. The van der Waals surface area contributed by atoms with Gasteiger partial charge in [-0.15, -0.1) is 0 Å². The van der Waals surface area contributed by atoms with E-state index in [9.17, 15) is 18.3 Å². The van der Waals surface area contributed by atoms with Gasteiger partial charge in [-0.3, -0.25) is 9.35 Å². The fourth-order valence-corrected chi connectivity index (χ4v) is 3.14. The van der Waals surface area contributed by atoms with Crippen molar-refractivity contribution < 1.29 is 28.0 Å². The van der Waals surface area contributed by atoms with Gasteiger partial charge in [0, 0.05) is 6.42 Å². The van der Waals surface area contributed by atoms with Crippen molar-refractivity contribution in [2.24, 2.45) is 0 Å². The number of carboxylic acid groups (broad SMARTS) is 1. The van der Waals surface area contributed by atoms with E-state index in [-0.39, 0.29) is 18.3 Å². The van der Waals surface area contributed by atoms with E-state index in [0.29, 0.717) is 19.3 Å². The fourth-order valence-electron chi connectivity index (χ4n) is 2.58. The summed E-state index contributed by atoms with van der Waals surface area (Å²) in [6.07, 6.45) is 14.3. The molecule has 0 aromatic carbocycles. The number of hydrogen-bond acceptors (Lipinski definition) is 4. The Morgan fingerprint density at radius 1 is 0.880 bits per heavy atom. The zero-order valence-electron chi connectivity index (χ0n) is 15.1. The first-order valence-electron chi connectivity index (χ1n) is 9.31. The van der Waals surface area contributed by atoms with Crippen LogP contribution in [0, 0.1) is 0 Å². The molecule has 25 heavy (non-hydrogen) atoms. The van der Waals surface area contributed by atoms with Crippen LogP contribution in [0.1, 0.15) is 83.5 Å². The van der Waals surface area contributed by atoms with E-state index in [0.717, 1.165) is 57.8 Å². The van der Waals surface area contributed by atoms with Crippen molar-refractivity contribution in [1.29, 1.82) is 0 Å². The molecule has 0 fully saturated rings. The van der Waals surface area contributed by atoms with Gasteiger partial charge < -0.3 is 10.2 Å². The Labute approximate surface area is 152 Å². The number of carbonyl (C=O) groups is 1. The Kier molecular flexibility index (Phi) is 14.8. The fraction of sp³-hybridized carbons (Fsp3) is 0.833. The summed E-state index contributed by atoms with van der Waals surface area (Å²) in [7, 11) is -3.84. The number of rotatable bonds is 17. The van der Waals surface area contributed by atoms with Crippen molar-refractivity contribution in [2.45, 2.75) is 89.6 Å².